The Morgan fingerprint density at radius 1 is 1.33 bits per heavy atom. The highest BCUT2D eigenvalue weighted by molar-refractivity contribution is 5.80. The third-order valence-electron chi connectivity index (χ3n) is 3.87. The molecular formula is C16H29N5. The summed E-state index contributed by atoms with van der Waals surface area (Å²) in [6.07, 6.45) is 6.18. The third-order valence-corrected chi connectivity index (χ3v) is 3.87. The Kier molecular flexibility index (Phi) is 6.08. The van der Waals surface area contributed by atoms with Crippen LogP contribution in [0, 0.1) is 11.8 Å². The van der Waals surface area contributed by atoms with E-state index in [9.17, 15) is 0 Å². The predicted molar refractivity (Wildman–Crippen MR) is 87.3 cm³/mol. The Labute approximate surface area is 128 Å². The van der Waals surface area contributed by atoms with Crippen LogP contribution in [0.2, 0.25) is 0 Å². The second-order valence-corrected chi connectivity index (χ2v) is 6.21. The van der Waals surface area contributed by atoms with Crippen molar-refractivity contribution >= 4 is 5.96 Å². The Morgan fingerprint density at radius 2 is 2.10 bits per heavy atom. The third kappa shape index (κ3) is 5.06. The molecule has 0 saturated carbocycles. The van der Waals surface area contributed by atoms with Crippen molar-refractivity contribution in [1.29, 1.82) is 0 Å². The molecule has 0 amide bonds. The molecule has 1 N–H and O–H groups in total. The first-order chi connectivity index (χ1) is 10.2. The fourth-order valence-electron chi connectivity index (χ4n) is 3.11. The average molecular weight is 291 g/mol. The monoisotopic (exact) mass is 291 g/mol. The number of aromatic nitrogens is 2. The van der Waals surface area contributed by atoms with Gasteiger partial charge in [-0.05, 0) is 37.7 Å². The van der Waals surface area contributed by atoms with E-state index in [0.29, 0.717) is 0 Å². The van der Waals surface area contributed by atoms with Crippen LogP contribution in [-0.2, 0) is 6.54 Å². The van der Waals surface area contributed by atoms with E-state index in [2.05, 4.69) is 36.1 Å². The van der Waals surface area contributed by atoms with Gasteiger partial charge in [-0.25, -0.2) is 0 Å². The Balaban J connectivity index is 1.86. The summed E-state index contributed by atoms with van der Waals surface area (Å²) in [5, 5.41) is 7.66. The standard InChI is InChI=1S/C16H29N5/c1-4-17-16(20-12-14(2)11-15(3)13-20)18-7-5-9-21-10-6-8-19-21/h6,8,10,14-15H,4-5,7,9,11-13H2,1-3H3,(H,17,18). The lowest BCUT2D eigenvalue weighted by atomic mass is 9.92. The number of piperidine rings is 1. The minimum Gasteiger partial charge on any atom is -0.357 e. The van der Waals surface area contributed by atoms with Crippen LogP contribution in [0.1, 0.15) is 33.6 Å². The van der Waals surface area contributed by atoms with Gasteiger partial charge in [-0.2, -0.15) is 5.10 Å². The van der Waals surface area contributed by atoms with E-state index in [1.165, 1.54) is 6.42 Å². The van der Waals surface area contributed by atoms with Crippen molar-refractivity contribution in [2.75, 3.05) is 26.2 Å². The molecule has 0 radical (unpaired) electrons. The first kappa shape index (κ1) is 15.9. The summed E-state index contributed by atoms with van der Waals surface area (Å²) in [6.45, 7) is 11.8. The number of aliphatic imine (C=N–C) groups is 1. The molecular weight excluding hydrogens is 262 g/mol. The van der Waals surface area contributed by atoms with Crippen molar-refractivity contribution in [3.63, 3.8) is 0 Å². The molecule has 5 heteroatoms. The van der Waals surface area contributed by atoms with Gasteiger partial charge >= 0.3 is 0 Å². The number of rotatable bonds is 5. The zero-order valence-electron chi connectivity index (χ0n) is 13.6. The molecule has 1 aromatic heterocycles. The van der Waals surface area contributed by atoms with E-state index >= 15 is 0 Å². The van der Waals surface area contributed by atoms with E-state index in [-0.39, 0.29) is 0 Å². The number of nitrogens with one attached hydrogen (secondary N) is 1. The molecule has 1 aliphatic rings. The van der Waals surface area contributed by atoms with Crippen molar-refractivity contribution in [3.8, 4) is 0 Å². The molecule has 0 spiro atoms. The Bertz CT molecular complexity index is 416. The number of hydrogen-bond acceptors (Lipinski definition) is 2. The van der Waals surface area contributed by atoms with Gasteiger partial charge in [0.25, 0.3) is 0 Å². The maximum absolute atomic E-state index is 4.80. The quantitative estimate of drug-likeness (QED) is 0.514. The van der Waals surface area contributed by atoms with Gasteiger partial charge in [0.05, 0.1) is 0 Å². The number of nitrogens with zero attached hydrogens (tertiary/aromatic N) is 4. The topological polar surface area (TPSA) is 45.5 Å². The molecule has 2 unspecified atom stereocenters. The maximum Gasteiger partial charge on any atom is 0.193 e. The summed E-state index contributed by atoms with van der Waals surface area (Å²) in [6, 6.07) is 1.96. The minimum absolute atomic E-state index is 0.752. The molecule has 1 fully saturated rings. The second kappa shape index (κ2) is 8.05. The lowest BCUT2D eigenvalue weighted by Gasteiger charge is -2.37. The van der Waals surface area contributed by atoms with E-state index in [0.717, 1.165) is 56.9 Å². The average Bonchev–Trinajstić information content (AvgIpc) is 2.94. The predicted octanol–water partition coefficient (Wildman–Crippen LogP) is 2.22. The second-order valence-electron chi connectivity index (χ2n) is 6.21. The molecule has 118 valence electrons. The largest absolute Gasteiger partial charge is 0.357 e. The molecule has 2 rings (SSSR count). The maximum atomic E-state index is 4.80. The van der Waals surface area contributed by atoms with Gasteiger partial charge in [0.1, 0.15) is 0 Å². The van der Waals surface area contributed by atoms with Gasteiger partial charge in [0.15, 0.2) is 5.96 Å². The number of hydrogen-bond donors (Lipinski definition) is 1. The normalized spacial score (nSPS) is 23.4. The number of guanidine groups is 1. The summed E-state index contributed by atoms with van der Waals surface area (Å²) in [4.78, 5) is 7.22. The molecule has 5 nitrogen and oxygen atoms in total. The minimum atomic E-state index is 0.752. The zero-order chi connectivity index (χ0) is 15.1. The fourth-order valence-corrected chi connectivity index (χ4v) is 3.11. The van der Waals surface area contributed by atoms with Gasteiger partial charge in [-0.1, -0.05) is 13.8 Å². The summed E-state index contributed by atoms with van der Waals surface area (Å²) >= 11 is 0. The number of likely N-dealkylation sites (tertiary alicyclic amines) is 1. The van der Waals surface area contributed by atoms with Crippen LogP contribution in [0.4, 0.5) is 0 Å². The van der Waals surface area contributed by atoms with E-state index < -0.39 is 0 Å². The summed E-state index contributed by atoms with van der Waals surface area (Å²) in [7, 11) is 0. The van der Waals surface area contributed by atoms with Crippen LogP contribution in [-0.4, -0.2) is 46.8 Å². The molecule has 2 heterocycles. The molecule has 1 saturated heterocycles. The summed E-state index contributed by atoms with van der Waals surface area (Å²) in [5.74, 6) is 2.58. The molecule has 0 aromatic carbocycles. The molecule has 1 aromatic rings. The molecule has 0 aliphatic carbocycles. The first-order valence-corrected chi connectivity index (χ1v) is 8.19. The number of aryl methyl sites for hydroxylation is 1. The first-order valence-electron chi connectivity index (χ1n) is 8.19. The van der Waals surface area contributed by atoms with Gasteiger partial charge < -0.3 is 10.2 Å². The Hall–Kier alpha value is -1.52. The summed E-state index contributed by atoms with van der Waals surface area (Å²) in [5.41, 5.74) is 0. The molecule has 21 heavy (non-hydrogen) atoms. The van der Waals surface area contributed by atoms with E-state index in [1.54, 1.807) is 0 Å². The van der Waals surface area contributed by atoms with Gasteiger partial charge in [0.2, 0.25) is 0 Å². The van der Waals surface area contributed by atoms with Crippen LogP contribution in [0.5, 0.6) is 0 Å². The van der Waals surface area contributed by atoms with E-state index in [1.807, 2.05) is 23.1 Å². The highest BCUT2D eigenvalue weighted by atomic mass is 15.3. The summed E-state index contributed by atoms with van der Waals surface area (Å²) < 4.78 is 1.97. The van der Waals surface area contributed by atoms with Crippen molar-refractivity contribution < 1.29 is 0 Å². The fraction of sp³-hybridized carbons (Fsp3) is 0.750. The molecule has 2 atom stereocenters. The van der Waals surface area contributed by atoms with Crippen molar-refractivity contribution in [2.24, 2.45) is 16.8 Å². The zero-order valence-corrected chi connectivity index (χ0v) is 13.6. The van der Waals surface area contributed by atoms with Crippen LogP contribution in [0.15, 0.2) is 23.5 Å². The van der Waals surface area contributed by atoms with Gasteiger partial charge in [-0.15, -0.1) is 0 Å². The molecule has 0 bridgehead atoms. The highest BCUT2D eigenvalue weighted by Crippen LogP contribution is 2.20. The van der Waals surface area contributed by atoms with Crippen molar-refractivity contribution in [2.45, 2.75) is 40.2 Å². The van der Waals surface area contributed by atoms with Crippen molar-refractivity contribution in [3.05, 3.63) is 18.5 Å². The lowest BCUT2D eigenvalue weighted by molar-refractivity contribution is 0.208. The van der Waals surface area contributed by atoms with Crippen LogP contribution >= 0.6 is 0 Å². The van der Waals surface area contributed by atoms with E-state index in [4.69, 9.17) is 4.99 Å². The lowest BCUT2D eigenvalue weighted by Crippen LogP contribution is -2.48. The molecule has 1 aliphatic heterocycles. The smallest absolute Gasteiger partial charge is 0.193 e. The Morgan fingerprint density at radius 3 is 2.71 bits per heavy atom. The van der Waals surface area contributed by atoms with Crippen LogP contribution < -0.4 is 5.32 Å². The van der Waals surface area contributed by atoms with Gasteiger partial charge in [0, 0.05) is 45.1 Å². The van der Waals surface area contributed by atoms with Crippen LogP contribution in [0.3, 0.4) is 0 Å². The SMILES string of the molecule is CCNC(=NCCCn1cccn1)N1CC(C)CC(C)C1. The van der Waals surface area contributed by atoms with Gasteiger partial charge in [-0.3, -0.25) is 9.67 Å². The van der Waals surface area contributed by atoms with Crippen molar-refractivity contribution in [1.82, 2.24) is 20.0 Å². The van der Waals surface area contributed by atoms with Crippen LogP contribution in [0.25, 0.3) is 0 Å². The highest BCUT2D eigenvalue weighted by Gasteiger charge is 2.23.